The number of carbonyl (C=O) groups excluding carboxylic acids is 2. The normalized spacial score (nSPS) is 14.8. The summed E-state index contributed by atoms with van der Waals surface area (Å²) in [6.45, 7) is 1.99. The Morgan fingerprint density at radius 3 is 2.38 bits per heavy atom. The molecular formula is C12H10NO2Y-. The fourth-order valence-corrected chi connectivity index (χ4v) is 1.50. The summed E-state index contributed by atoms with van der Waals surface area (Å²) in [5.41, 5.74) is 1.43. The van der Waals surface area contributed by atoms with E-state index in [9.17, 15) is 9.59 Å². The second-order valence-electron chi connectivity index (χ2n) is 3.47. The Morgan fingerprint density at radius 1 is 1.25 bits per heavy atom. The van der Waals surface area contributed by atoms with Crippen LogP contribution in [-0.2, 0) is 48.8 Å². The quantitative estimate of drug-likeness (QED) is 0.608. The third kappa shape index (κ3) is 2.66. The molecule has 0 saturated heterocycles. The summed E-state index contributed by atoms with van der Waals surface area (Å²) in [6, 6.07) is 10.1. The van der Waals surface area contributed by atoms with Crippen molar-refractivity contribution >= 4 is 11.8 Å². The molecule has 16 heavy (non-hydrogen) atoms. The van der Waals surface area contributed by atoms with Gasteiger partial charge in [-0.25, -0.2) is 0 Å². The Labute approximate surface area is 119 Å². The first-order valence-corrected chi connectivity index (χ1v) is 4.67. The van der Waals surface area contributed by atoms with Gasteiger partial charge in [0, 0.05) is 50.9 Å². The molecule has 0 unspecified atom stereocenters. The number of nitrogens with zero attached hydrogens (tertiary/aromatic N) is 1. The van der Waals surface area contributed by atoms with Gasteiger partial charge in [-0.2, -0.15) is 30.3 Å². The molecule has 0 saturated carbocycles. The van der Waals surface area contributed by atoms with Crippen LogP contribution in [0.5, 0.6) is 0 Å². The Morgan fingerprint density at radius 2 is 1.88 bits per heavy atom. The first-order chi connectivity index (χ1) is 7.18. The first kappa shape index (κ1) is 13.3. The van der Waals surface area contributed by atoms with E-state index in [0.717, 1.165) is 5.56 Å². The van der Waals surface area contributed by atoms with E-state index in [1.165, 1.54) is 11.0 Å². The van der Waals surface area contributed by atoms with Crippen molar-refractivity contribution in [3.8, 4) is 0 Å². The van der Waals surface area contributed by atoms with Crippen molar-refractivity contribution in [2.45, 2.75) is 13.5 Å². The van der Waals surface area contributed by atoms with Gasteiger partial charge in [-0.05, 0) is 6.92 Å². The van der Waals surface area contributed by atoms with Gasteiger partial charge in [0.2, 0.25) is 0 Å². The summed E-state index contributed by atoms with van der Waals surface area (Å²) in [4.78, 5) is 24.2. The average molecular weight is 289 g/mol. The third-order valence-corrected chi connectivity index (χ3v) is 2.32. The van der Waals surface area contributed by atoms with Crippen molar-refractivity contribution in [2.24, 2.45) is 0 Å². The van der Waals surface area contributed by atoms with Gasteiger partial charge in [0.05, 0.1) is 0 Å². The smallest absolute Gasteiger partial charge is 0.256 e. The standard InChI is InChI=1S/C12H10NO2.Y/c1-9-7-11(14)13(12(9)15)8-10-5-3-2-4-6-10;/h3-7H,8H2,1H3;/q-1;. The van der Waals surface area contributed by atoms with E-state index >= 15 is 0 Å². The predicted octanol–water partition coefficient (Wildman–Crippen LogP) is 1.30. The second-order valence-corrected chi connectivity index (χ2v) is 3.47. The molecule has 4 heteroatoms. The molecule has 0 fully saturated rings. The molecular weight excluding hydrogens is 279 g/mol. The maximum absolute atomic E-state index is 11.5. The SMILES string of the molecule is CC1=CC(=O)N(Cc2cc[c-]cc2)C1=O.[Y]. The monoisotopic (exact) mass is 289 g/mol. The van der Waals surface area contributed by atoms with Gasteiger partial charge in [-0.3, -0.25) is 14.5 Å². The molecule has 3 nitrogen and oxygen atoms in total. The van der Waals surface area contributed by atoms with E-state index in [0.29, 0.717) is 12.1 Å². The van der Waals surface area contributed by atoms with Crippen LogP contribution in [0.3, 0.4) is 0 Å². The van der Waals surface area contributed by atoms with Gasteiger partial charge in [0.1, 0.15) is 0 Å². The number of hydrogen-bond donors (Lipinski definition) is 0. The summed E-state index contributed by atoms with van der Waals surface area (Å²) in [6.07, 6.45) is 1.37. The molecule has 0 bridgehead atoms. The molecule has 1 heterocycles. The topological polar surface area (TPSA) is 37.4 Å². The molecule has 79 valence electrons. The maximum atomic E-state index is 11.5. The van der Waals surface area contributed by atoms with Crippen LogP contribution < -0.4 is 0 Å². The summed E-state index contributed by atoms with van der Waals surface area (Å²) >= 11 is 0. The number of carbonyl (C=O) groups is 2. The first-order valence-electron chi connectivity index (χ1n) is 4.67. The van der Waals surface area contributed by atoms with E-state index < -0.39 is 0 Å². The maximum Gasteiger partial charge on any atom is 0.256 e. The molecule has 1 aromatic rings. The molecule has 1 aromatic carbocycles. The second kappa shape index (κ2) is 5.51. The zero-order chi connectivity index (χ0) is 10.8. The molecule has 1 aliphatic rings. The van der Waals surface area contributed by atoms with Gasteiger partial charge < -0.3 is 0 Å². The van der Waals surface area contributed by atoms with Gasteiger partial charge >= 0.3 is 0 Å². The van der Waals surface area contributed by atoms with Crippen molar-refractivity contribution in [1.82, 2.24) is 4.90 Å². The van der Waals surface area contributed by atoms with E-state index in [4.69, 9.17) is 0 Å². The van der Waals surface area contributed by atoms with E-state index in [1.54, 1.807) is 19.1 Å². The fraction of sp³-hybridized carbons (Fsp3) is 0.167. The molecule has 2 rings (SSSR count). The summed E-state index contributed by atoms with van der Waals surface area (Å²) in [7, 11) is 0. The van der Waals surface area contributed by atoms with Crippen LogP contribution in [-0.4, -0.2) is 16.7 Å². The molecule has 0 N–H and O–H groups in total. The molecule has 1 radical (unpaired) electrons. The number of imide groups is 1. The number of rotatable bonds is 2. The van der Waals surface area contributed by atoms with E-state index in [1.807, 2.05) is 12.1 Å². The van der Waals surface area contributed by atoms with E-state index in [-0.39, 0.29) is 44.5 Å². The van der Waals surface area contributed by atoms with E-state index in [2.05, 4.69) is 6.07 Å². The average Bonchev–Trinajstić information content (AvgIpc) is 2.47. The van der Waals surface area contributed by atoms with Crippen LogP contribution in [0.25, 0.3) is 0 Å². The zero-order valence-electron chi connectivity index (χ0n) is 8.93. The van der Waals surface area contributed by atoms with Gasteiger partial charge in [-0.15, -0.1) is 5.56 Å². The van der Waals surface area contributed by atoms with Crippen molar-refractivity contribution in [3.05, 3.63) is 47.5 Å². The molecule has 2 amide bonds. The Kier molecular flexibility index (Phi) is 4.57. The van der Waals surface area contributed by atoms with Crippen LogP contribution in [0.2, 0.25) is 0 Å². The van der Waals surface area contributed by atoms with Gasteiger partial charge in [-0.1, -0.05) is 0 Å². The van der Waals surface area contributed by atoms with Gasteiger partial charge in [0.25, 0.3) is 11.8 Å². The van der Waals surface area contributed by atoms with Crippen molar-refractivity contribution in [3.63, 3.8) is 0 Å². The number of amides is 2. The zero-order valence-corrected chi connectivity index (χ0v) is 11.8. The number of hydrogen-bond acceptors (Lipinski definition) is 2. The molecule has 1 aliphatic heterocycles. The third-order valence-electron chi connectivity index (χ3n) is 2.32. The minimum absolute atomic E-state index is 0. The Hall–Kier alpha value is -0.796. The van der Waals surface area contributed by atoms with Crippen LogP contribution in [0.1, 0.15) is 12.5 Å². The fourth-order valence-electron chi connectivity index (χ4n) is 1.50. The van der Waals surface area contributed by atoms with Crippen LogP contribution in [0, 0.1) is 6.07 Å². The molecule has 0 aromatic heterocycles. The van der Waals surface area contributed by atoms with Crippen molar-refractivity contribution in [2.75, 3.05) is 0 Å². The van der Waals surface area contributed by atoms with Gasteiger partial charge in [0.15, 0.2) is 0 Å². The minimum Gasteiger partial charge on any atom is -0.273 e. The molecule has 0 spiro atoms. The summed E-state index contributed by atoms with van der Waals surface area (Å²) in [5.74, 6) is -0.432. The van der Waals surface area contributed by atoms with Crippen molar-refractivity contribution < 1.29 is 42.3 Å². The Balaban J connectivity index is 0.00000128. The van der Waals surface area contributed by atoms with Crippen molar-refractivity contribution in [1.29, 1.82) is 0 Å². The van der Waals surface area contributed by atoms with Crippen LogP contribution >= 0.6 is 0 Å². The van der Waals surface area contributed by atoms with Crippen LogP contribution in [0.15, 0.2) is 35.9 Å². The summed E-state index contributed by atoms with van der Waals surface area (Å²) < 4.78 is 0. The summed E-state index contributed by atoms with van der Waals surface area (Å²) in [5, 5.41) is 0. The largest absolute Gasteiger partial charge is 0.273 e. The minimum atomic E-state index is -0.231. The Bertz CT molecular complexity index is 440. The predicted molar refractivity (Wildman–Crippen MR) is 54.6 cm³/mol. The molecule has 0 aliphatic carbocycles. The number of benzene rings is 1. The van der Waals surface area contributed by atoms with Crippen LogP contribution in [0.4, 0.5) is 0 Å². The molecule has 0 atom stereocenters.